The fraction of sp³-hybridized carbons (Fsp3) is 1.00. The van der Waals surface area contributed by atoms with E-state index in [0.29, 0.717) is 0 Å². The van der Waals surface area contributed by atoms with Crippen LogP contribution < -0.4 is 4.98 Å². The van der Waals surface area contributed by atoms with E-state index in [0.717, 1.165) is 9.68 Å². The van der Waals surface area contributed by atoms with Crippen molar-refractivity contribution in [3.05, 3.63) is 0 Å². The van der Waals surface area contributed by atoms with E-state index in [1.807, 2.05) is 0 Å². The zero-order chi connectivity index (χ0) is 4.24. The van der Waals surface area contributed by atoms with Crippen molar-refractivity contribution < 1.29 is 0 Å². The summed E-state index contributed by atoms with van der Waals surface area (Å²) in [5.74, 6) is 0. The molecule has 1 heterocycles. The Kier molecular flexibility index (Phi) is 1.71. The van der Waals surface area contributed by atoms with Crippen LogP contribution in [0.4, 0.5) is 0 Å². The van der Waals surface area contributed by atoms with Gasteiger partial charge in [0.05, 0.1) is 0 Å². The fourth-order valence-electron chi connectivity index (χ4n) is 0.604. The van der Waals surface area contributed by atoms with Gasteiger partial charge in [0, 0.05) is 0 Å². The maximum Gasteiger partial charge on any atom is 0.138 e. The lowest BCUT2D eigenvalue weighted by Gasteiger charge is -2.07. The molecule has 0 saturated carbocycles. The molecule has 2 radical (unpaired) electrons. The highest BCUT2D eigenvalue weighted by molar-refractivity contribution is 6.32. The van der Waals surface area contributed by atoms with Crippen LogP contribution in [0.5, 0.6) is 0 Å². The van der Waals surface area contributed by atoms with Crippen molar-refractivity contribution in [3.8, 4) is 0 Å². The second-order valence-corrected chi connectivity index (χ2v) is 2.77. The van der Waals surface area contributed by atoms with Crippen molar-refractivity contribution in [1.82, 2.24) is 4.98 Å². The summed E-state index contributed by atoms with van der Waals surface area (Å²) in [6.07, 6.45) is 2.85. The summed E-state index contributed by atoms with van der Waals surface area (Å²) in [4.78, 5) is 3.31. The van der Waals surface area contributed by atoms with Gasteiger partial charge in [0.2, 0.25) is 0 Å². The first-order valence-corrected chi connectivity index (χ1v) is 3.66. The van der Waals surface area contributed by atoms with Gasteiger partial charge in [0.15, 0.2) is 0 Å². The van der Waals surface area contributed by atoms with Crippen molar-refractivity contribution in [2.45, 2.75) is 18.9 Å². The second kappa shape index (κ2) is 2.37. The summed E-state index contributed by atoms with van der Waals surface area (Å²) < 4.78 is 0. The summed E-state index contributed by atoms with van der Waals surface area (Å²) in [5.41, 5.74) is 0. The van der Waals surface area contributed by atoms with Crippen LogP contribution in [0.15, 0.2) is 0 Å². The Morgan fingerprint density at radius 2 is 2.33 bits per heavy atom. The molecule has 0 amide bonds. The van der Waals surface area contributed by atoms with Crippen molar-refractivity contribution in [1.29, 1.82) is 0 Å². The highest BCUT2D eigenvalue weighted by Crippen LogP contribution is 1.96. The lowest BCUT2D eigenvalue weighted by Crippen LogP contribution is -2.24. The molecule has 2 heteroatoms. The molecular formula is C4H9NSi. The molecule has 34 valence electrons. The summed E-state index contributed by atoms with van der Waals surface area (Å²) in [6, 6.07) is 1.42. The van der Waals surface area contributed by atoms with Crippen molar-refractivity contribution in [2.75, 3.05) is 6.54 Å². The quantitative estimate of drug-likeness (QED) is 0.434. The van der Waals surface area contributed by atoms with E-state index >= 15 is 0 Å². The van der Waals surface area contributed by atoms with Gasteiger partial charge in [-0.2, -0.15) is 0 Å². The van der Waals surface area contributed by atoms with Crippen LogP contribution in [0.2, 0.25) is 6.04 Å². The molecule has 1 nitrogen and oxygen atoms in total. The molecule has 0 aromatic carbocycles. The Morgan fingerprint density at radius 1 is 1.33 bits per heavy atom. The van der Waals surface area contributed by atoms with Crippen LogP contribution in [-0.2, 0) is 0 Å². The molecule has 0 unspecified atom stereocenters. The molecule has 0 aromatic heterocycles. The van der Waals surface area contributed by atoms with Gasteiger partial charge in [-0.05, 0) is 19.0 Å². The average Bonchev–Trinajstić information content (AvgIpc) is 1.72. The standard InChI is InChI=1S/C4H9NSi/c1-2-4-6-5-3-1/h5H,1-4H2. The molecule has 6 heavy (non-hydrogen) atoms. The normalized spacial score (nSPS) is 24.0. The lowest BCUT2D eigenvalue weighted by atomic mass is 10.3. The smallest absolute Gasteiger partial charge is 0.138 e. The third-order valence-electron chi connectivity index (χ3n) is 0.979. The third-order valence-corrected chi connectivity index (χ3v) is 2.08. The molecule has 1 fully saturated rings. The van der Waals surface area contributed by atoms with E-state index in [1.54, 1.807) is 0 Å². The molecule has 1 N–H and O–H groups in total. The van der Waals surface area contributed by atoms with Crippen molar-refractivity contribution in [3.63, 3.8) is 0 Å². The van der Waals surface area contributed by atoms with Gasteiger partial charge in [-0.3, -0.25) is 0 Å². The number of hydrogen-bond donors (Lipinski definition) is 1. The largest absolute Gasteiger partial charge is 0.339 e. The van der Waals surface area contributed by atoms with Gasteiger partial charge >= 0.3 is 0 Å². The molecule has 0 aromatic rings. The Morgan fingerprint density at radius 3 is 2.50 bits per heavy atom. The highest BCUT2D eigenvalue weighted by atomic mass is 28.2. The van der Waals surface area contributed by atoms with Crippen molar-refractivity contribution >= 4 is 9.68 Å². The minimum atomic E-state index is 1.05. The topological polar surface area (TPSA) is 12.0 Å². The second-order valence-electron chi connectivity index (χ2n) is 1.56. The minimum absolute atomic E-state index is 1.05. The van der Waals surface area contributed by atoms with Crippen LogP contribution in [0.25, 0.3) is 0 Å². The van der Waals surface area contributed by atoms with Gasteiger partial charge in [0.25, 0.3) is 0 Å². The molecule has 0 aliphatic carbocycles. The fourth-order valence-corrected chi connectivity index (χ4v) is 1.56. The summed E-state index contributed by atoms with van der Waals surface area (Å²) in [5, 5.41) is 0. The van der Waals surface area contributed by atoms with Gasteiger partial charge in [-0.1, -0.05) is 6.42 Å². The highest BCUT2D eigenvalue weighted by Gasteiger charge is 1.95. The van der Waals surface area contributed by atoms with E-state index in [-0.39, 0.29) is 0 Å². The Bertz CT molecular complexity index is 23.0. The van der Waals surface area contributed by atoms with Crippen LogP contribution >= 0.6 is 0 Å². The first-order chi connectivity index (χ1) is 3.00. The lowest BCUT2D eigenvalue weighted by molar-refractivity contribution is 0.722. The first-order valence-electron chi connectivity index (χ1n) is 2.46. The number of nitrogens with one attached hydrogen (secondary N) is 1. The average molecular weight is 99.2 g/mol. The molecule has 1 aliphatic heterocycles. The number of rotatable bonds is 0. The summed E-state index contributed by atoms with van der Waals surface area (Å²) in [6.45, 7) is 1.26. The molecule has 1 rings (SSSR count). The predicted molar refractivity (Wildman–Crippen MR) is 27.8 cm³/mol. The van der Waals surface area contributed by atoms with Crippen LogP contribution in [0.1, 0.15) is 12.8 Å². The third kappa shape index (κ3) is 1.10. The van der Waals surface area contributed by atoms with Gasteiger partial charge < -0.3 is 4.98 Å². The number of hydrogen-bond acceptors (Lipinski definition) is 1. The van der Waals surface area contributed by atoms with E-state index < -0.39 is 0 Å². The van der Waals surface area contributed by atoms with Crippen LogP contribution in [0.3, 0.4) is 0 Å². The van der Waals surface area contributed by atoms with Crippen molar-refractivity contribution in [2.24, 2.45) is 0 Å². The zero-order valence-electron chi connectivity index (χ0n) is 3.83. The van der Waals surface area contributed by atoms with Gasteiger partial charge in [0.1, 0.15) is 9.68 Å². The van der Waals surface area contributed by atoms with E-state index in [2.05, 4.69) is 4.98 Å². The SMILES string of the molecule is C1CC[Si]NC1. The molecular weight excluding hydrogens is 90.1 g/mol. The Hall–Kier alpha value is 0.177. The first kappa shape index (κ1) is 4.34. The van der Waals surface area contributed by atoms with Crippen LogP contribution in [-0.4, -0.2) is 16.2 Å². The monoisotopic (exact) mass is 99.1 g/mol. The molecule has 1 aliphatic rings. The predicted octanol–water partition coefficient (Wildman–Crippen LogP) is 0.407. The van der Waals surface area contributed by atoms with Crippen LogP contribution in [0, 0.1) is 0 Å². The Balaban J connectivity index is 2.00. The minimum Gasteiger partial charge on any atom is -0.339 e. The summed E-state index contributed by atoms with van der Waals surface area (Å²) >= 11 is 0. The maximum atomic E-state index is 3.31. The van der Waals surface area contributed by atoms with Gasteiger partial charge in [-0.25, -0.2) is 0 Å². The molecule has 0 bridgehead atoms. The molecule has 0 spiro atoms. The maximum absolute atomic E-state index is 3.31. The zero-order valence-corrected chi connectivity index (χ0v) is 4.83. The molecule has 0 atom stereocenters. The van der Waals surface area contributed by atoms with E-state index in [9.17, 15) is 0 Å². The Labute approximate surface area is 41.0 Å². The molecule has 1 saturated heterocycles. The van der Waals surface area contributed by atoms with E-state index in [4.69, 9.17) is 0 Å². The summed E-state index contributed by atoms with van der Waals surface area (Å²) in [7, 11) is 1.05. The van der Waals surface area contributed by atoms with Gasteiger partial charge in [-0.15, -0.1) is 0 Å². The van der Waals surface area contributed by atoms with E-state index in [1.165, 1.54) is 25.4 Å².